The molecular weight excluding hydrogens is 382 g/mol. The molecule has 1 aliphatic heterocycles. The first-order valence-electron chi connectivity index (χ1n) is 8.51. The second-order valence-electron chi connectivity index (χ2n) is 6.58. The molecule has 2 N–H and O–H groups in total. The molecule has 1 atom stereocenters. The predicted molar refractivity (Wildman–Crippen MR) is 107 cm³/mol. The maximum absolute atomic E-state index is 11.7. The van der Waals surface area contributed by atoms with Gasteiger partial charge in [0.2, 0.25) is 5.91 Å². The highest BCUT2D eigenvalue weighted by Crippen LogP contribution is 2.39. The average Bonchev–Trinajstić information content (AvgIpc) is 3.08. The van der Waals surface area contributed by atoms with Gasteiger partial charge in [0.15, 0.2) is 5.82 Å². The summed E-state index contributed by atoms with van der Waals surface area (Å²) in [6.07, 6.45) is 0.0716. The number of thiophene rings is 1. The lowest BCUT2D eigenvalue weighted by molar-refractivity contribution is -0.118. The minimum absolute atomic E-state index is 0.0716. The van der Waals surface area contributed by atoms with Gasteiger partial charge in [0.25, 0.3) is 0 Å². The number of hydrogen-bond donors (Lipinski definition) is 1. The summed E-state index contributed by atoms with van der Waals surface area (Å²) in [7, 11) is 0. The van der Waals surface area contributed by atoms with E-state index in [9.17, 15) is 4.79 Å². The van der Waals surface area contributed by atoms with Crippen LogP contribution in [0.2, 0.25) is 5.02 Å². The molecule has 1 aliphatic rings. The van der Waals surface area contributed by atoms with Gasteiger partial charge in [-0.2, -0.15) is 0 Å². The molecule has 3 aromatic rings. The van der Waals surface area contributed by atoms with Crippen molar-refractivity contribution in [2.75, 3.05) is 0 Å². The van der Waals surface area contributed by atoms with Gasteiger partial charge in [-0.05, 0) is 38.5 Å². The molecule has 0 spiro atoms. The number of halogens is 1. The molecule has 3 heterocycles. The fourth-order valence-electron chi connectivity index (χ4n) is 3.32. The van der Waals surface area contributed by atoms with Crippen LogP contribution in [0.4, 0.5) is 0 Å². The van der Waals surface area contributed by atoms with E-state index in [1.807, 2.05) is 35.8 Å². The summed E-state index contributed by atoms with van der Waals surface area (Å²) in [6.45, 7) is 6.08. The van der Waals surface area contributed by atoms with Crippen LogP contribution in [-0.2, 0) is 4.79 Å². The second-order valence-corrected chi connectivity index (χ2v) is 8.21. The maximum Gasteiger partial charge on any atom is 0.220 e. The highest BCUT2D eigenvalue weighted by molar-refractivity contribution is 7.15. The molecule has 0 bridgehead atoms. The third kappa shape index (κ3) is 2.96. The smallest absolute Gasteiger partial charge is 0.220 e. The Morgan fingerprint density at radius 1 is 1.22 bits per heavy atom. The summed E-state index contributed by atoms with van der Waals surface area (Å²) >= 11 is 7.74. The number of aryl methyl sites for hydroxylation is 2. The Hall–Kier alpha value is -2.51. The molecule has 4 rings (SSSR count). The van der Waals surface area contributed by atoms with Gasteiger partial charge in [0, 0.05) is 21.0 Å². The Morgan fingerprint density at radius 2 is 1.93 bits per heavy atom. The molecule has 0 fully saturated rings. The van der Waals surface area contributed by atoms with E-state index < -0.39 is 11.9 Å². The standard InChI is InChI=1S/C19H18ClN5OS/c1-9-10(2)27-19-16(9)17(12-4-6-13(20)7-5-12)22-14(8-15(21)26)18-24-23-11(3)25(18)19/h4-7,14H,8H2,1-3H3,(H2,21,26). The van der Waals surface area contributed by atoms with Crippen LogP contribution in [0.5, 0.6) is 0 Å². The fourth-order valence-corrected chi connectivity index (χ4v) is 4.66. The summed E-state index contributed by atoms with van der Waals surface area (Å²) in [5.41, 5.74) is 9.45. The normalized spacial score (nSPS) is 15.7. The minimum Gasteiger partial charge on any atom is -0.370 e. The molecule has 0 radical (unpaired) electrons. The zero-order valence-electron chi connectivity index (χ0n) is 15.2. The van der Waals surface area contributed by atoms with E-state index in [0.717, 1.165) is 33.2 Å². The van der Waals surface area contributed by atoms with Gasteiger partial charge >= 0.3 is 0 Å². The number of nitrogens with two attached hydrogens (primary N) is 1. The average molecular weight is 400 g/mol. The molecular formula is C19H18ClN5OS. The van der Waals surface area contributed by atoms with Gasteiger partial charge in [0.05, 0.1) is 12.1 Å². The number of carbonyl (C=O) groups is 1. The summed E-state index contributed by atoms with van der Waals surface area (Å²) in [5, 5.41) is 10.2. The van der Waals surface area contributed by atoms with E-state index in [1.165, 1.54) is 4.88 Å². The van der Waals surface area contributed by atoms with Gasteiger partial charge in [0.1, 0.15) is 16.9 Å². The molecule has 0 aliphatic carbocycles. The number of aliphatic imine (C=N–C) groups is 1. The van der Waals surface area contributed by atoms with Gasteiger partial charge < -0.3 is 5.73 Å². The highest BCUT2D eigenvalue weighted by Gasteiger charge is 2.31. The van der Waals surface area contributed by atoms with Crippen molar-refractivity contribution in [3.63, 3.8) is 0 Å². The van der Waals surface area contributed by atoms with Crippen LogP contribution >= 0.6 is 22.9 Å². The van der Waals surface area contributed by atoms with Crippen molar-refractivity contribution in [3.8, 4) is 5.00 Å². The molecule has 8 heteroatoms. The van der Waals surface area contributed by atoms with Crippen LogP contribution in [-0.4, -0.2) is 26.4 Å². The van der Waals surface area contributed by atoms with Crippen LogP contribution in [0.25, 0.3) is 5.00 Å². The van der Waals surface area contributed by atoms with Crippen molar-refractivity contribution in [3.05, 3.63) is 62.5 Å². The van der Waals surface area contributed by atoms with E-state index in [-0.39, 0.29) is 6.42 Å². The van der Waals surface area contributed by atoms with Crippen LogP contribution in [0, 0.1) is 20.8 Å². The largest absolute Gasteiger partial charge is 0.370 e. The SMILES string of the molecule is Cc1sc2c(c1C)C(c1ccc(Cl)cc1)=NC(CC(N)=O)c1nnc(C)n1-2. The van der Waals surface area contributed by atoms with Gasteiger partial charge in [-0.3, -0.25) is 14.4 Å². The third-order valence-corrected chi connectivity index (χ3v) is 6.20. The predicted octanol–water partition coefficient (Wildman–Crippen LogP) is 3.67. The summed E-state index contributed by atoms with van der Waals surface area (Å²) in [5.74, 6) is 0.969. The van der Waals surface area contributed by atoms with E-state index in [1.54, 1.807) is 11.3 Å². The number of benzene rings is 1. The number of carbonyl (C=O) groups excluding carboxylic acids is 1. The topological polar surface area (TPSA) is 86.2 Å². The first-order chi connectivity index (χ1) is 12.9. The van der Waals surface area contributed by atoms with Crippen molar-refractivity contribution in [2.24, 2.45) is 10.7 Å². The lowest BCUT2D eigenvalue weighted by Crippen LogP contribution is -2.17. The number of rotatable bonds is 3. The molecule has 1 unspecified atom stereocenters. The zero-order valence-corrected chi connectivity index (χ0v) is 16.7. The quantitative estimate of drug-likeness (QED) is 0.728. The fraction of sp³-hybridized carbons (Fsp3) is 0.263. The molecule has 6 nitrogen and oxygen atoms in total. The summed E-state index contributed by atoms with van der Waals surface area (Å²) in [4.78, 5) is 17.8. The van der Waals surface area contributed by atoms with Gasteiger partial charge in [-0.15, -0.1) is 21.5 Å². The second kappa shape index (κ2) is 6.58. The Kier molecular flexibility index (Phi) is 4.36. The number of primary amides is 1. The van der Waals surface area contributed by atoms with Crippen LogP contribution in [0.1, 0.15) is 45.7 Å². The van der Waals surface area contributed by atoms with Crippen molar-refractivity contribution < 1.29 is 4.79 Å². The van der Waals surface area contributed by atoms with Crippen molar-refractivity contribution >= 4 is 34.6 Å². The Bertz CT molecular complexity index is 1080. The van der Waals surface area contributed by atoms with Crippen molar-refractivity contribution in [2.45, 2.75) is 33.2 Å². The molecule has 1 aromatic carbocycles. The van der Waals surface area contributed by atoms with Gasteiger partial charge in [-0.25, -0.2) is 0 Å². The van der Waals surface area contributed by atoms with Gasteiger partial charge in [-0.1, -0.05) is 23.7 Å². The van der Waals surface area contributed by atoms with Crippen LogP contribution < -0.4 is 5.73 Å². The van der Waals surface area contributed by atoms with Crippen molar-refractivity contribution in [1.29, 1.82) is 0 Å². The van der Waals surface area contributed by atoms with Crippen LogP contribution in [0.3, 0.4) is 0 Å². The molecule has 27 heavy (non-hydrogen) atoms. The van der Waals surface area contributed by atoms with E-state index in [2.05, 4.69) is 24.0 Å². The molecule has 0 saturated heterocycles. The summed E-state index contributed by atoms with van der Waals surface area (Å²) in [6, 6.07) is 7.07. The Balaban J connectivity index is 2.04. The number of amides is 1. The van der Waals surface area contributed by atoms with E-state index in [4.69, 9.17) is 22.3 Å². The number of hydrogen-bond acceptors (Lipinski definition) is 5. The Morgan fingerprint density at radius 3 is 2.59 bits per heavy atom. The van der Waals surface area contributed by atoms with Crippen LogP contribution in [0.15, 0.2) is 29.3 Å². The van der Waals surface area contributed by atoms with E-state index in [0.29, 0.717) is 10.8 Å². The van der Waals surface area contributed by atoms with Crippen molar-refractivity contribution in [1.82, 2.24) is 14.8 Å². The maximum atomic E-state index is 11.7. The lowest BCUT2D eigenvalue weighted by Gasteiger charge is -2.11. The third-order valence-electron chi connectivity index (χ3n) is 4.75. The first kappa shape index (κ1) is 17.9. The lowest BCUT2D eigenvalue weighted by atomic mass is 9.99. The van der Waals surface area contributed by atoms with E-state index >= 15 is 0 Å². The highest BCUT2D eigenvalue weighted by atomic mass is 35.5. The molecule has 1 amide bonds. The zero-order chi connectivity index (χ0) is 19.3. The Labute approximate surface area is 165 Å². The number of fused-ring (bicyclic) bond motifs is 3. The molecule has 2 aromatic heterocycles. The molecule has 0 saturated carbocycles. The first-order valence-corrected chi connectivity index (χ1v) is 9.71. The monoisotopic (exact) mass is 399 g/mol. The molecule has 138 valence electrons. The number of nitrogens with zero attached hydrogens (tertiary/aromatic N) is 4. The summed E-state index contributed by atoms with van der Waals surface area (Å²) < 4.78 is 2.00. The number of aromatic nitrogens is 3. The minimum atomic E-state index is -0.492.